The van der Waals surface area contributed by atoms with Gasteiger partial charge >= 0.3 is 0 Å². The summed E-state index contributed by atoms with van der Waals surface area (Å²) >= 11 is 3.76. The second-order valence-corrected chi connectivity index (χ2v) is 17.3. The lowest BCUT2D eigenvalue weighted by Crippen LogP contribution is -2.31. The van der Waals surface area contributed by atoms with Crippen LogP contribution in [0.15, 0.2) is 228 Å². The number of nitrogens with zero attached hydrogens (tertiary/aromatic N) is 2. The first-order valence-corrected chi connectivity index (χ1v) is 21.7. The van der Waals surface area contributed by atoms with E-state index < -0.39 is 5.41 Å². The number of rotatable bonds is 6. The molecule has 0 fully saturated rings. The summed E-state index contributed by atoms with van der Waals surface area (Å²) in [5.74, 6) is 0. The highest BCUT2D eigenvalue weighted by molar-refractivity contribution is 7.99. The fourth-order valence-corrected chi connectivity index (χ4v) is 12.1. The molecule has 9 aromatic carbocycles. The fourth-order valence-electron chi connectivity index (χ4n) is 9.71. The highest BCUT2D eigenvalue weighted by atomic mass is 32.2. The van der Waals surface area contributed by atoms with Gasteiger partial charge in [-0.1, -0.05) is 157 Å². The highest BCUT2D eigenvalue weighted by Gasteiger charge is 2.50. The van der Waals surface area contributed by atoms with Crippen LogP contribution in [0.2, 0.25) is 0 Å². The topological polar surface area (TPSA) is 6.48 Å². The van der Waals surface area contributed by atoms with Crippen molar-refractivity contribution in [3.05, 3.63) is 241 Å². The first-order valence-electron chi connectivity index (χ1n) is 20.1. The smallest absolute Gasteiger partial charge is 0.0883 e. The molecule has 0 N–H and O–H groups in total. The molecule has 1 spiro atoms. The molecule has 0 atom stereocenters. The van der Waals surface area contributed by atoms with Crippen LogP contribution in [0, 0.1) is 0 Å². The Labute approximate surface area is 352 Å². The first-order chi connectivity index (χ1) is 29.3. The lowest BCUT2D eigenvalue weighted by Gasteiger charge is -2.39. The van der Waals surface area contributed by atoms with Crippen molar-refractivity contribution in [2.75, 3.05) is 9.80 Å². The lowest BCUT2D eigenvalue weighted by molar-refractivity contribution is 0.722. The van der Waals surface area contributed by atoms with E-state index in [0.29, 0.717) is 0 Å². The fraction of sp³-hybridized carbons (Fsp3) is 0.0182. The molecule has 278 valence electrons. The van der Waals surface area contributed by atoms with Crippen LogP contribution in [0.3, 0.4) is 0 Å². The Kier molecular flexibility index (Phi) is 7.90. The van der Waals surface area contributed by atoms with Gasteiger partial charge in [-0.15, -0.1) is 11.3 Å². The van der Waals surface area contributed by atoms with Crippen LogP contribution >= 0.6 is 23.1 Å². The minimum atomic E-state index is -0.436. The number of anilines is 6. The molecule has 2 nitrogen and oxygen atoms in total. The van der Waals surface area contributed by atoms with E-state index in [-0.39, 0.29) is 0 Å². The minimum absolute atomic E-state index is 0.436. The van der Waals surface area contributed by atoms with Crippen molar-refractivity contribution in [1.29, 1.82) is 0 Å². The molecule has 1 aliphatic carbocycles. The molecule has 0 amide bonds. The predicted octanol–water partition coefficient (Wildman–Crippen LogP) is 15.8. The van der Waals surface area contributed by atoms with Gasteiger partial charge in [0.1, 0.15) is 0 Å². The molecular formula is C55H36N2S2. The van der Waals surface area contributed by atoms with E-state index in [4.69, 9.17) is 0 Å². The van der Waals surface area contributed by atoms with Gasteiger partial charge in [-0.2, -0.15) is 0 Å². The third kappa shape index (κ3) is 5.13. The Morgan fingerprint density at radius 3 is 1.54 bits per heavy atom. The van der Waals surface area contributed by atoms with E-state index >= 15 is 0 Å². The molecule has 4 heteroatoms. The van der Waals surface area contributed by atoms with Gasteiger partial charge in [0.25, 0.3) is 0 Å². The maximum atomic E-state index is 2.51. The van der Waals surface area contributed by atoms with Crippen molar-refractivity contribution in [2.45, 2.75) is 15.2 Å². The number of hydrogen-bond donors (Lipinski definition) is 0. The Hall–Kier alpha value is -6.85. The summed E-state index contributed by atoms with van der Waals surface area (Å²) in [5.41, 5.74) is 14.1. The van der Waals surface area contributed by atoms with E-state index in [1.54, 1.807) is 0 Å². The zero-order chi connectivity index (χ0) is 38.9. The summed E-state index contributed by atoms with van der Waals surface area (Å²) in [7, 11) is 0. The van der Waals surface area contributed by atoms with Crippen molar-refractivity contribution >= 4 is 77.4 Å². The van der Waals surface area contributed by atoms with Crippen LogP contribution in [0.1, 0.15) is 22.3 Å². The molecule has 10 aromatic rings. The van der Waals surface area contributed by atoms with Crippen LogP contribution in [-0.2, 0) is 5.41 Å². The third-order valence-corrected chi connectivity index (χ3v) is 14.4. The molecule has 0 saturated heterocycles. The second kappa shape index (κ2) is 13.6. The van der Waals surface area contributed by atoms with Crippen molar-refractivity contribution < 1.29 is 0 Å². The Morgan fingerprint density at radius 1 is 0.356 bits per heavy atom. The number of thiophene rings is 1. The van der Waals surface area contributed by atoms with Gasteiger partial charge < -0.3 is 9.80 Å². The molecule has 2 aliphatic rings. The second-order valence-electron chi connectivity index (χ2n) is 15.2. The Morgan fingerprint density at radius 2 is 0.881 bits per heavy atom. The van der Waals surface area contributed by atoms with Crippen molar-refractivity contribution in [2.24, 2.45) is 0 Å². The molecule has 0 saturated carbocycles. The standard InChI is InChI=1S/C55H36N2S2/c1-4-18-37(19-5-1)56(38-20-6-2-7-21-38)49-35-33-43-42-25-11-15-29-50(42)59-54(43)53(49)57(39-22-8-3-9-23-39)40-32-34-46-44(36-40)41-24-10-12-26-45(41)55(46)47-27-13-16-30-51(47)58-52-31-17-14-28-48(52)55/h1-36H. The van der Waals surface area contributed by atoms with Gasteiger partial charge in [0.2, 0.25) is 0 Å². The van der Waals surface area contributed by atoms with E-state index in [1.807, 2.05) is 23.1 Å². The molecule has 0 unspecified atom stereocenters. The van der Waals surface area contributed by atoms with Crippen LogP contribution in [-0.4, -0.2) is 0 Å². The number of hydrogen-bond acceptors (Lipinski definition) is 4. The first kappa shape index (κ1) is 34.2. The van der Waals surface area contributed by atoms with Crippen LogP contribution in [0.25, 0.3) is 31.3 Å². The van der Waals surface area contributed by atoms with Gasteiger partial charge in [0, 0.05) is 48.0 Å². The van der Waals surface area contributed by atoms with Gasteiger partial charge in [0.05, 0.1) is 21.5 Å². The summed E-state index contributed by atoms with van der Waals surface area (Å²) in [6, 6.07) is 80.4. The summed E-state index contributed by atoms with van der Waals surface area (Å²) in [6.07, 6.45) is 0. The lowest BCUT2D eigenvalue weighted by atomic mass is 9.67. The third-order valence-electron chi connectivity index (χ3n) is 12.1. The maximum Gasteiger partial charge on any atom is 0.0883 e. The quantitative estimate of drug-likeness (QED) is 0.166. The van der Waals surface area contributed by atoms with E-state index in [0.717, 1.165) is 34.1 Å². The van der Waals surface area contributed by atoms with E-state index in [9.17, 15) is 0 Å². The maximum absolute atomic E-state index is 2.51. The minimum Gasteiger partial charge on any atom is -0.308 e. The predicted molar refractivity (Wildman–Crippen MR) is 250 cm³/mol. The molecular weight excluding hydrogens is 753 g/mol. The largest absolute Gasteiger partial charge is 0.308 e. The van der Waals surface area contributed by atoms with Crippen LogP contribution < -0.4 is 9.80 Å². The molecule has 0 radical (unpaired) electrons. The summed E-state index contributed by atoms with van der Waals surface area (Å²) in [4.78, 5) is 7.55. The zero-order valence-electron chi connectivity index (χ0n) is 32.0. The summed E-state index contributed by atoms with van der Waals surface area (Å²) in [5, 5.41) is 2.53. The van der Waals surface area contributed by atoms with Gasteiger partial charge in [-0.05, 0) is 106 Å². The number of benzene rings is 9. The van der Waals surface area contributed by atoms with Gasteiger partial charge in [-0.3, -0.25) is 0 Å². The summed E-state index contributed by atoms with van der Waals surface area (Å²) in [6.45, 7) is 0. The average Bonchev–Trinajstić information content (AvgIpc) is 3.82. The molecule has 2 heterocycles. The van der Waals surface area contributed by atoms with Crippen molar-refractivity contribution in [1.82, 2.24) is 0 Å². The van der Waals surface area contributed by atoms with Gasteiger partial charge in [-0.25, -0.2) is 0 Å². The zero-order valence-corrected chi connectivity index (χ0v) is 33.6. The average molecular weight is 789 g/mol. The van der Waals surface area contributed by atoms with Crippen molar-refractivity contribution in [3.8, 4) is 11.1 Å². The van der Waals surface area contributed by atoms with Crippen molar-refractivity contribution in [3.63, 3.8) is 0 Å². The highest BCUT2D eigenvalue weighted by Crippen LogP contribution is 2.63. The van der Waals surface area contributed by atoms with Crippen LogP contribution in [0.5, 0.6) is 0 Å². The van der Waals surface area contributed by atoms with Gasteiger partial charge in [0.15, 0.2) is 0 Å². The van der Waals surface area contributed by atoms with E-state index in [1.165, 1.54) is 63.3 Å². The summed E-state index contributed by atoms with van der Waals surface area (Å²) < 4.78 is 2.52. The molecule has 1 aliphatic heterocycles. The number of fused-ring (bicyclic) bond motifs is 12. The monoisotopic (exact) mass is 788 g/mol. The Bertz CT molecular complexity index is 3120. The molecule has 0 bridgehead atoms. The normalized spacial score (nSPS) is 13.2. The van der Waals surface area contributed by atoms with E-state index in [2.05, 4.69) is 228 Å². The Balaban J connectivity index is 1.17. The SMILES string of the molecule is c1ccc(N(c2ccccc2)c2ccc3c(sc4ccccc43)c2N(c2ccccc2)c2ccc3c(c2)-c2ccccc2C32c3ccccc3Sc3ccccc32)cc1. The number of para-hydroxylation sites is 3. The van der Waals surface area contributed by atoms with Crippen LogP contribution in [0.4, 0.5) is 34.1 Å². The molecule has 1 aromatic heterocycles. The molecule has 59 heavy (non-hydrogen) atoms. The molecule has 12 rings (SSSR count).